The van der Waals surface area contributed by atoms with Crippen molar-refractivity contribution < 1.29 is 23.1 Å². The summed E-state index contributed by atoms with van der Waals surface area (Å²) in [7, 11) is 0. The summed E-state index contributed by atoms with van der Waals surface area (Å²) in [6.45, 7) is 2.19. The number of amides is 1. The Bertz CT molecular complexity index is 1490. The molecule has 0 radical (unpaired) electrons. The Kier molecular flexibility index (Phi) is 6.51. The number of fused-ring (bicyclic) bond motifs is 1. The lowest BCUT2D eigenvalue weighted by Gasteiger charge is -2.34. The van der Waals surface area contributed by atoms with Gasteiger partial charge in [0.05, 0.1) is 64.4 Å². The molecule has 1 aliphatic rings. The van der Waals surface area contributed by atoms with Gasteiger partial charge >= 0.3 is 0 Å². The van der Waals surface area contributed by atoms with Gasteiger partial charge in [0.1, 0.15) is 11.9 Å². The highest BCUT2D eigenvalue weighted by Gasteiger charge is 2.46. The number of imidazole rings is 1. The molecule has 1 aliphatic carbocycles. The Labute approximate surface area is 219 Å². The highest BCUT2D eigenvalue weighted by Crippen LogP contribution is 2.45. The fraction of sp³-hybridized carbons (Fsp3) is 0.375. The Morgan fingerprint density at radius 1 is 1.21 bits per heavy atom. The number of pyridine rings is 1. The fourth-order valence-corrected chi connectivity index (χ4v) is 4.15. The van der Waals surface area contributed by atoms with Crippen LogP contribution in [0.2, 0.25) is 5.02 Å². The second-order valence-electron chi connectivity index (χ2n) is 9.79. The topological polar surface area (TPSA) is 122 Å². The van der Waals surface area contributed by atoms with Crippen LogP contribution in [0.1, 0.15) is 43.1 Å². The van der Waals surface area contributed by atoms with Crippen molar-refractivity contribution in [3.05, 3.63) is 53.7 Å². The SMILES string of the molecule is CC(C)(O)C(F)CNC(=O)c1cnc(-c2cnc3cc(Cl)cnn23)cc1Nc1cnn(C2CC(F)(F)C2)c1. The van der Waals surface area contributed by atoms with Gasteiger partial charge in [-0.15, -0.1) is 0 Å². The normalized spacial score (nSPS) is 16.3. The first-order chi connectivity index (χ1) is 17.9. The summed E-state index contributed by atoms with van der Waals surface area (Å²) >= 11 is 6.00. The molecule has 4 aromatic heterocycles. The molecule has 1 atom stereocenters. The molecule has 5 rings (SSSR count). The van der Waals surface area contributed by atoms with Crippen LogP contribution in [0.3, 0.4) is 0 Å². The zero-order valence-corrected chi connectivity index (χ0v) is 21.1. The maximum atomic E-state index is 14.2. The molecule has 4 aromatic rings. The number of anilines is 2. The van der Waals surface area contributed by atoms with Crippen molar-refractivity contribution in [2.24, 2.45) is 0 Å². The number of rotatable bonds is 8. The summed E-state index contributed by atoms with van der Waals surface area (Å²) in [4.78, 5) is 21.7. The molecule has 3 N–H and O–H groups in total. The molecule has 0 aliphatic heterocycles. The van der Waals surface area contributed by atoms with Crippen LogP contribution in [0, 0.1) is 0 Å². The maximum absolute atomic E-state index is 14.2. The number of hydrogen-bond acceptors (Lipinski definition) is 7. The number of nitrogens with one attached hydrogen (secondary N) is 2. The third-order valence-corrected chi connectivity index (χ3v) is 6.48. The zero-order valence-electron chi connectivity index (χ0n) is 20.4. The number of hydrogen-bond donors (Lipinski definition) is 3. The lowest BCUT2D eigenvalue weighted by molar-refractivity contribution is -0.106. The predicted octanol–water partition coefficient (Wildman–Crippen LogP) is 4.19. The van der Waals surface area contributed by atoms with Gasteiger partial charge in [0.25, 0.3) is 11.8 Å². The van der Waals surface area contributed by atoms with E-state index in [4.69, 9.17) is 11.6 Å². The van der Waals surface area contributed by atoms with E-state index in [9.17, 15) is 23.1 Å². The number of carbonyl (C=O) groups is 1. The van der Waals surface area contributed by atoms with Crippen molar-refractivity contribution >= 4 is 34.5 Å². The Morgan fingerprint density at radius 2 is 1.97 bits per heavy atom. The van der Waals surface area contributed by atoms with Crippen molar-refractivity contribution in [2.45, 2.75) is 50.4 Å². The summed E-state index contributed by atoms with van der Waals surface area (Å²) in [6.07, 6.45) is 5.07. The fourth-order valence-electron chi connectivity index (χ4n) is 4.01. The molecule has 4 heterocycles. The third kappa shape index (κ3) is 5.29. The van der Waals surface area contributed by atoms with Gasteiger partial charge in [-0.25, -0.2) is 22.7 Å². The molecule has 0 aromatic carbocycles. The molecule has 1 saturated carbocycles. The largest absolute Gasteiger partial charge is 0.387 e. The molecule has 38 heavy (non-hydrogen) atoms. The van der Waals surface area contributed by atoms with Crippen LogP contribution < -0.4 is 10.6 Å². The van der Waals surface area contributed by atoms with Crippen molar-refractivity contribution in [2.75, 3.05) is 11.9 Å². The molecule has 0 saturated heterocycles. The summed E-state index contributed by atoms with van der Waals surface area (Å²) < 4.78 is 43.9. The Morgan fingerprint density at radius 3 is 2.68 bits per heavy atom. The van der Waals surface area contributed by atoms with Gasteiger partial charge in [-0.3, -0.25) is 14.5 Å². The monoisotopic (exact) mass is 548 g/mol. The number of alkyl halides is 3. The van der Waals surface area contributed by atoms with Gasteiger partial charge in [0.2, 0.25) is 0 Å². The van der Waals surface area contributed by atoms with Crippen molar-refractivity contribution in [1.29, 1.82) is 0 Å². The van der Waals surface area contributed by atoms with Gasteiger partial charge in [-0.05, 0) is 19.9 Å². The number of carbonyl (C=O) groups excluding carboxylic acids is 1. The highest BCUT2D eigenvalue weighted by molar-refractivity contribution is 6.30. The van der Waals surface area contributed by atoms with E-state index in [1.165, 1.54) is 41.6 Å². The van der Waals surface area contributed by atoms with Gasteiger partial charge in [0.15, 0.2) is 5.65 Å². The predicted molar refractivity (Wildman–Crippen MR) is 133 cm³/mol. The second-order valence-corrected chi connectivity index (χ2v) is 10.2. The van der Waals surface area contributed by atoms with E-state index in [1.54, 1.807) is 24.5 Å². The van der Waals surface area contributed by atoms with Crippen LogP contribution in [-0.4, -0.2) is 64.6 Å². The third-order valence-electron chi connectivity index (χ3n) is 6.27. The van der Waals surface area contributed by atoms with E-state index < -0.39 is 36.2 Å². The number of aromatic nitrogens is 6. The lowest BCUT2D eigenvalue weighted by Crippen LogP contribution is -2.42. The van der Waals surface area contributed by atoms with E-state index in [2.05, 4.69) is 30.8 Å². The van der Waals surface area contributed by atoms with E-state index >= 15 is 0 Å². The van der Waals surface area contributed by atoms with Crippen molar-refractivity contribution in [1.82, 2.24) is 34.7 Å². The Balaban J connectivity index is 1.45. The number of halogens is 4. The van der Waals surface area contributed by atoms with Crippen LogP contribution in [0.5, 0.6) is 0 Å². The molecule has 200 valence electrons. The lowest BCUT2D eigenvalue weighted by atomic mass is 9.88. The van der Waals surface area contributed by atoms with Gasteiger partial charge in [0, 0.05) is 31.3 Å². The summed E-state index contributed by atoms with van der Waals surface area (Å²) in [5.74, 6) is -3.33. The standard InChI is InChI=1S/C24H24ClF3N8O2/c1-23(2,38)20(26)11-31-22(37)16-9-29-18(19-10-30-21-3-13(25)7-33-36(19)21)4-17(16)34-14-8-32-35(12-14)15-5-24(27,28)6-15/h3-4,7-10,12,15,20,38H,5-6,11H2,1-2H3,(H,29,34)(H,31,37). The number of aliphatic hydroxyl groups is 1. The molecule has 0 spiro atoms. The van der Waals surface area contributed by atoms with Gasteiger partial charge in [-0.1, -0.05) is 11.6 Å². The van der Waals surface area contributed by atoms with Crippen LogP contribution in [-0.2, 0) is 0 Å². The van der Waals surface area contributed by atoms with E-state index in [0.717, 1.165) is 0 Å². The first-order valence-electron chi connectivity index (χ1n) is 11.7. The van der Waals surface area contributed by atoms with Gasteiger partial charge in [-0.2, -0.15) is 10.2 Å². The van der Waals surface area contributed by atoms with Crippen molar-refractivity contribution in [3.63, 3.8) is 0 Å². The molecule has 0 bridgehead atoms. The molecule has 1 fully saturated rings. The highest BCUT2D eigenvalue weighted by atomic mass is 35.5. The minimum absolute atomic E-state index is 0.0875. The molecule has 1 amide bonds. The van der Waals surface area contributed by atoms with Crippen LogP contribution in [0.4, 0.5) is 24.5 Å². The van der Waals surface area contributed by atoms with E-state index in [0.29, 0.717) is 33.4 Å². The van der Waals surface area contributed by atoms with Crippen molar-refractivity contribution in [3.8, 4) is 11.4 Å². The number of nitrogens with zero attached hydrogens (tertiary/aromatic N) is 6. The molecular formula is C24H24ClF3N8O2. The second kappa shape index (κ2) is 9.55. The summed E-state index contributed by atoms with van der Waals surface area (Å²) in [6, 6.07) is 2.80. The Hall–Kier alpha value is -3.71. The molecule has 14 heteroatoms. The first kappa shape index (κ1) is 25.9. The molecular weight excluding hydrogens is 525 g/mol. The van der Waals surface area contributed by atoms with Crippen LogP contribution in [0.25, 0.3) is 17.0 Å². The van der Waals surface area contributed by atoms with Crippen LogP contribution in [0.15, 0.2) is 43.1 Å². The minimum Gasteiger partial charge on any atom is -0.387 e. The molecule has 10 nitrogen and oxygen atoms in total. The quantitative estimate of drug-likeness (QED) is 0.302. The average Bonchev–Trinajstić information content (AvgIpc) is 3.46. The zero-order chi connectivity index (χ0) is 27.2. The average molecular weight is 549 g/mol. The van der Waals surface area contributed by atoms with Gasteiger partial charge < -0.3 is 15.7 Å². The van der Waals surface area contributed by atoms with E-state index in [-0.39, 0.29) is 18.4 Å². The van der Waals surface area contributed by atoms with E-state index in [1.807, 2.05) is 0 Å². The summed E-state index contributed by atoms with van der Waals surface area (Å²) in [5, 5.41) is 24.2. The van der Waals surface area contributed by atoms with Crippen LogP contribution >= 0.6 is 11.6 Å². The molecule has 1 unspecified atom stereocenters. The first-order valence-corrected chi connectivity index (χ1v) is 12.1. The maximum Gasteiger partial charge on any atom is 0.255 e. The summed E-state index contributed by atoms with van der Waals surface area (Å²) in [5.41, 5.74) is 0.627. The minimum atomic E-state index is -2.70. The smallest absolute Gasteiger partial charge is 0.255 e.